The third-order valence-electron chi connectivity index (χ3n) is 7.09. The van der Waals surface area contributed by atoms with Crippen molar-refractivity contribution in [2.24, 2.45) is 0 Å². The van der Waals surface area contributed by atoms with Gasteiger partial charge in [0.05, 0.1) is 11.0 Å². The monoisotopic (exact) mass is 625 g/mol. The van der Waals surface area contributed by atoms with E-state index in [0.717, 1.165) is 24.0 Å². The third kappa shape index (κ3) is 10.2. The summed E-state index contributed by atoms with van der Waals surface area (Å²) in [7, 11) is -3.55. The summed E-state index contributed by atoms with van der Waals surface area (Å²) in [6.07, 6.45) is 3.01. The first-order valence-electron chi connectivity index (χ1n) is 14.7. The average Bonchev–Trinajstić information content (AvgIpc) is 3.80. The van der Waals surface area contributed by atoms with E-state index in [-0.39, 0.29) is 41.8 Å². The molecule has 2 N–H and O–H groups in total. The van der Waals surface area contributed by atoms with Gasteiger partial charge in [0.25, 0.3) is 0 Å². The highest BCUT2D eigenvalue weighted by Gasteiger charge is 2.31. The van der Waals surface area contributed by atoms with Crippen LogP contribution in [-0.4, -0.2) is 50.4 Å². The second-order valence-electron chi connectivity index (χ2n) is 11.1. The predicted molar refractivity (Wildman–Crippen MR) is 168 cm³/mol. The Balaban J connectivity index is 1.52. The number of amides is 2. The van der Waals surface area contributed by atoms with Crippen LogP contribution in [0.2, 0.25) is 5.02 Å². The number of aryl methyl sites for hydroxylation is 1. The van der Waals surface area contributed by atoms with Crippen LogP contribution in [0.1, 0.15) is 62.3 Å². The van der Waals surface area contributed by atoms with Crippen molar-refractivity contribution < 1.29 is 22.7 Å². The first-order chi connectivity index (χ1) is 20.6. The number of carbonyl (C=O) groups excluding carboxylic acids is 2. The Labute approximate surface area is 259 Å². The van der Waals surface area contributed by atoms with Crippen LogP contribution in [0.25, 0.3) is 0 Å². The molecule has 10 heteroatoms. The van der Waals surface area contributed by atoms with Crippen molar-refractivity contribution in [1.29, 1.82) is 0 Å². The minimum atomic E-state index is -3.55. The molecule has 0 bridgehead atoms. The van der Waals surface area contributed by atoms with Crippen LogP contribution in [0.5, 0.6) is 0 Å². The van der Waals surface area contributed by atoms with Crippen LogP contribution < -0.4 is 10.0 Å². The lowest BCUT2D eigenvalue weighted by Crippen LogP contribution is -2.44. The summed E-state index contributed by atoms with van der Waals surface area (Å²) >= 11 is 6.11. The summed E-state index contributed by atoms with van der Waals surface area (Å²) in [5.41, 5.74) is 2.38. The molecule has 0 radical (unpaired) electrons. The molecule has 0 unspecified atom stereocenters. The van der Waals surface area contributed by atoms with Gasteiger partial charge >= 0.3 is 0 Å². The molecule has 0 spiro atoms. The summed E-state index contributed by atoms with van der Waals surface area (Å²) in [6.45, 7) is 5.09. The molecule has 0 heterocycles. The number of halogens is 1. The zero-order chi connectivity index (χ0) is 30.8. The van der Waals surface area contributed by atoms with Gasteiger partial charge < -0.3 is 15.0 Å². The molecule has 1 aliphatic rings. The van der Waals surface area contributed by atoms with E-state index in [2.05, 4.69) is 10.0 Å². The maximum atomic E-state index is 13.9. The van der Waals surface area contributed by atoms with E-state index >= 15 is 0 Å². The Morgan fingerprint density at radius 1 is 0.953 bits per heavy atom. The molecule has 43 heavy (non-hydrogen) atoms. The number of carbonyl (C=O) groups is 2. The Kier molecular flexibility index (Phi) is 11.8. The second-order valence-corrected chi connectivity index (χ2v) is 13.2. The lowest BCUT2D eigenvalue weighted by molar-refractivity contribution is -0.141. The van der Waals surface area contributed by atoms with Crippen LogP contribution in [0.4, 0.5) is 0 Å². The molecule has 1 saturated carbocycles. The number of hydrogen-bond acceptors (Lipinski definition) is 5. The van der Waals surface area contributed by atoms with Crippen molar-refractivity contribution in [3.8, 4) is 0 Å². The fourth-order valence-electron chi connectivity index (χ4n) is 4.64. The van der Waals surface area contributed by atoms with E-state index in [1.165, 1.54) is 0 Å². The number of nitrogens with zero attached hydrogens (tertiary/aromatic N) is 1. The van der Waals surface area contributed by atoms with Crippen molar-refractivity contribution >= 4 is 33.4 Å². The molecule has 4 rings (SSSR count). The van der Waals surface area contributed by atoms with E-state index < -0.39 is 16.1 Å². The van der Waals surface area contributed by atoms with Crippen molar-refractivity contribution in [3.63, 3.8) is 0 Å². The molecule has 1 fully saturated rings. The van der Waals surface area contributed by atoms with Gasteiger partial charge in [-0.3, -0.25) is 9.59 Å². The van der Waals surface area contributed by atoms with Gasteiger partial charge in [0.2, 0.25) is 21.8 Å². The molecule has 8 nitrogen and oxygen atoms in total. The average molecular weight is 626 g/mol. The van der Waals surface area contributed by atoms with Gasteiger partial charge in [-0.05, 0) is 80.5 Å². The number of sulfonamides is 1. The molecule has 0 saturated heterocycles. The second kappa shape index (κ2) is 15.5. The maximum Gasteiger partial charge on any atom is 0.247 e. The molecule has 3 aromatic rings. The number of benzene rings is 3. The quantitative estimate of drug-likeness (QED) is 0.207. The number of nitrogens with one attached hydrogen (secondary N) is 2. The Morgan fingerprint density at radius 2 is 1.60 bits per heavy atom. The molecular formula is C33H40ClN3O5S. The van der Waals surface area contributed by atoms with E-state index in [9.17, 15) is 18.0 Å². The third-order valence-corrected chi connectivity index (χ3v) is 8.88. The Morgan fingerprint density at radius 3 is 2.23 bits per heavy atom. The molecular weight excluding hydrogens is 586 g/mol. The van der Waals surface area contributed by atoms with Crippen molar-refractivity contribution in [1.82, 2.24) is 14.9 Å². The minimum absolute atomic E-state index is 0.0251. The highest BCUT2D eigenvalue weighted by Crippen LogP contribution is 2.26. The van der Waals surface area contributed by atoms with E-state index in [4.69, 9.17) is 16.3 Å². The lowest BCUT2D eigenvalue weighted by Gasteiger charge is -2.32. The SMILES string of the molecule is CC(C)OCCCNC(=O)[C@H](c1ccccc1)N(Cc1ccc(Cl)cc1)C(=O)CCc1ccc(S(=O)(=O)NC2CC2)cc1. The van der Waals surface area contributed by atoms with Crippen LogP contribution >= 0.6 is 11.6 Å². The summed E-state index contributed by atoms with van der Waals surface area (Å²) in [5, 5.41) is 3.58. The van der Waals surface area contributed by atoms with Gasteiger partial charge in [-0.2, -0.15) is 0 Å². The van der Waals surface area contributed by atoms with Crippen molar-refractivity contribution in [2.45, 2.75) is 75.6 Å². The van der Waals surface area contributed by atoms with Gasteiger partial charge in [0.1, 0.15) is 6.04 Å². The largest absolute Gasteiger partial charge is 0.379 e. The van der Waals surface area contributed by atoms with E-state index in [1.54, 1.807) is 41.3 Å². The van der Waals surface area contributed by atoms with Crippen LogP contribution in [0, 0.1) is 0 Å². The molecule has 230 valence electrons. The molecule has 2 amide bonds. The van der Waals surface area contributed by atoms with Gasteiger partial charge in [0, 0.05) is 37.2 Å². The highest BCUT2D eigenvalue weighted by atomic mass is 35.5. The van der Waals surface area contributed by atoms with Crippen molar-refractivity contribution in [3.05, 3.63) is 101 Å². The first-order valence-corrected chi connectivity index (χ1v) is 16.6. The molecule has 1 atom stereocenters. The Hall–Kier alpha value is -3.24. The summed E-state index contributed by atoms with van der Waals surface area (Å²) in [6, 6.07) is 22.3. The smallest absolute Gasteiger partial charge is 0.247 e. The van der Waals surface area contributed by atoms with Gasteiger partial charge in [-0.25, -0.2) is 13.1 Å². The lowest BCUT2D eigenvalue weighted by atomic mass is 10.0. The van der Waals surface area contributed by atoms with Gasteiger partial charge in [-0.1, -0.05) is 66.2 Å². The molecule has 0 aromatic heterocycles. The van der Waals surface area contributed by atoms with Gasteiger partial charge in [0.15, 0.2) is 0 Å². The number of rotatable bonds is 16. The fraction of sp³-hybridized carbons (Fsp3) is 0.394. The zero-order valence-corrected chi connectivity index (χ0v) is 26.2. The normalized spacial score (nSPS) is 14.0. The number of ether oxygens (including phenoxy) is 1. The molecule has 0 aliphatic heterocycles. The summed E-state index contributed by atoms with van der Waals surface area (Å²) in [4.78, 5) is 29.4. The fourth-order valence-corrected chi connectivity index (χ4v) is 6.07. The van der Waals surface area contributed by atoms with Crippen LogP contribution in [0.15, 0.2) is 83.8 Å². The van der Waals surface area contributed by atoms with Crippen molar-refractivity contribution in [2.75, 3.05) is 13.2 Å². The highest BCUT2D eigenvalue weighted by molar-refractivity contribution is 7.89. The van der Waals surface area contributed by atoms with E-state index in [1.807, 2.05) is 56.3 Å². The van der Waals surface area contributed by atoms with E-state index in [0.29, 0.717) is 36.6 Å². The standard InChI is InChI=1S/C33H40ClN3O5S/c1-24(2)42-22-6-21-35-33(39)32(27-7-4-3-5-8-27)37(23-26-9-14-28(34)15-10-26)31(38)20-13-25-11-18-30(19-12-25)43(40,41)36-29-16-17-29/h3-5,7-12,14-15,18-19,24,29,32,36H,6,13,16-17,20-23H2,1-2H3,(H,35,39)/t32-/m0/s1. The molecule has 3 aromatic carbocycles. The molecule has 1 aliphatic carbocycles. The van der Waals surface area contributed by atoms with Crippen LogP contribution in [0.3, 0.4) is 0 Å². The first kappa shape index (κ1) is 32.7. The summed E-state index contributed by atoms with van der Waals surface area (Å²) in [5.74, 6) is -0.468. The zero-order valence-electron chi connectivity index (χ0n) is 24.7. The van der Waals surface area contributed by atoms with Crippen LogP contribution in [-0.2, 0) is 37.3 Å². The topological polar surface area (TPSA) is 105 Å². The Bertz CT molecular complexity index is 1440. The predicted octanol–water partition coefficient (Wildman–Crippen LogP) is 5.41. The number of hydrogen-bond donors (Lipinski definition) is 2. The minimum Gasteiger partial charge on any atom is -0.379 e. The summed E-state index contributed by atoms with van der Waals surface area (Å²) < 4.78 is 33.3. The maximum absolute atomic E-state index is 13.9. The van der Waals surface area contributed by atoms with Gasteiger partial charge in [-0.15, -0.1) is 0 Å².